The predicted molar refractivity (Wildman–Crippen MR) is 117 cm³/mol. The van der Waals surface area contributed by atoms with Crippen LogP contribution in [-0.4, -0.2) is 27.3 Å². The maximum atomic E-state index is 13.3. The maximum absolute atomic E-state index is 13.3. The van der Waals surface area contributed by atoms with Gasteiger partial charge in [-0.2, -0.15) is 0 Å². The molecule has 1 aromatic rings. The van der Waals surface area contributed by atoms with Gasteiger partial charge >= 0.3 is 0 Å². The van der Waals surface area contributed by atoms with Crippen LogP contribution in [0.4, 0.5) is 5.69 Å². The molecule has 1 aliphatic heterocycles. The second-order valence-corrected chi connectivity index (χ2v) is 13.6. The van der Waals surface area contributed by atoms with E-state index in [1.54, 1.807) is 0 Å². The minimum atomic E-state index is -0.711. The molecule has 5 heteroatoms. The van der Waals surface area contributed by atoms with Crippen molar-refractivity contribution in [3.63, 3.8) is 0 Å². The Morgan fingerprint density at radius 2 is 1.65 bits per heavy atom. The highest BCUT2D eigenvalue weighted by Gasteiger charge is 2.52. The van der Waals surface area contributed by atoms with E-state index in [0.717, 1.165) is 27.7 Å². The van der Waals surface area contributed by atoms with Crippen LogP contribution >= 0.6 is 15.9 Å². The predicted octanol–water partition coefficient (Wildman–Crippen LogP) is 5.29. The first-order valence-electron chi connectivity index (χ1n) is 9.40. The second-order valence-electron chi connectivity index (χ2n) is 10.1. The van der Waals surface area contributed by atoms with Crippen molar-refractivity contribution in [1.82, 2.24) is 0 Å². The highest BCUT2D eigenvalue weighted by Crippen LogP contribution is 2.44. The van der Waals surface area contributed by atoms with Crippen LogP contribution in [0.5, 0.6) is 0 Å². The van der Waals surface area contributed by atoms with Gasteiger partial charge in [0.25, 0.3) is 0 Å². The number of carbonyl (C=O) groups is 1. The summed E-state index contributed by atoms with van der Waals surface area (Å²) in [6.07, 6.45) is 0.811. The molecule has 0 aromatic heterocycles. The number of nitrogens with zero attached hydrogens (tertiary/aromatic N) is 1. The fraction of sp³-hybridized carbons (Fsp3) is 0.667. The van der Waals surface area contributed by atoms with Gasteiger partial charge in [-0.3, -0.25) is 4.79 Å². The summed E-state index contributed by atoms with van der Waals surface area (Å²) in [6, 6.07) is 4.27. The number of amides is 1. The lowest BCUT2D eigenvalue weighted by atomic mass is 9.85. The van der Waals surface area contributed by atoms with Crippen molar-refractivity contribution in [3.05, 3.63) is 27.7 Å². The summed E-state index contributed by atoms with van der Waals surface area (Å²) in [5.41, 5.74) is 2.55. The molecule has 1 aliphatic rings. The van der Waals surface area contributed by atoms with Gasteiger partial charge in [-0.25, -0.2) is 0 Å². The molecule has 1 saturated heterocycles. The summed E-state index contributed by atoms with van der Waals surface area (Å²) in [5, 5.41) is 0.227. The second kappa shape index (κ2) is 7.06. The molecule has 1 amide bonds. The molecule has 2 rings (SSSR count). The molecule has 0 aliphatic carbocycles. The van der Waals surface area contributed by atoms with Crippen molar-refractivity contribution >= 4 is 37.3 Å². The van der Waals surface area contributed by atoms with Gasteiger partial charge in [-0.1, -0.05) is 50.5 Å². The molecule has 0 bridgehead atoms. The molecule has 26 heavy (non-hydrogen) atoms. The molecule has 0 spiro atoms. The highest BCUT2D eigenvalue weighted by molar-refractivity contribution is 9.10. The molecule has 3 nitrogen and oxygen atoms in total. The van der Waals surface area contributed by atoms with Gasteiger partial charge in [0.05, 0.1) is 11.6 Å². The Hall–Kier alpha value is -0.653. The molecule has 0 radical (unpaired) electrons. The Morgan fingerprint density at radius 1 is 1.15 bits per heavy atom. The lowest BCUT2D eigenvalue weighted by molar-refractivity contribution is -0.124. The Morgan fingerprint density at radius 3 is 2.12 bits per heavy atom. The molecule has 1 aromatic carbocycles. The minimum absolute atomic E-state index is 0.0415. The first-order chi connectivity index (χ1) is 11.7. The summed E-state index contributed by atoms with van der Waals surface area (Å²) >= 11 is 3.64. The van der Waals surface area contributed by atoms with Crippen molar-refractivity contribution < 1.29 is 9.22 Å². The van der Waals surface area contributed by atoms with Crippen LogP contribution in [0.1, 0.15) is 66.0 Å². The van der Waals surface area contributed by atoms with Crippen molar-refractivity contribution in [2.24, 2.45) is 5.41 Å². The number of carbonyl (C=O) groups excluding carboxylic acids is 1. The van der Waals surface area contributed by atoms with Crippen molar-refractivity contribution in [3.8, 4) is 0 Å². The molecule has 1 heterocycles. The zero-order chi connectivity index (χ0) is 20.1. The minimum Gasteiger partial charge on any atom is -0.416 e. The number of hydrogen-bond acceptors (Lipinski definition) is 2. The van der Waals surface area contributed by atoms with Gasteiger partial charge in [0.15, 0.2) is 9.76 Å². The largest absolute Gasteiger partial charge is 0.416 e. The van der Waals surface area contributed by atoms with E-state index in [1.165, 1.54) is 0 Å². The fourth-order valence-corrected chi connectivity index (χ4v) is 4.77. The summed E-state index contributed by atoms with van der Waals surface area (Å²) in [7, 11) is -0.711. The van der Waals surface area contributed by atoms with Gasteiger partial charge in [-0.05, 0) is 62.4 Å². The number of hydrogen-bond donors (Lipinski definition) is 0. The quantitative estimate of drug-likeness (QED) is 0.595. The number of anilines is 1. The first-order valence-corrected chi connectivity index (χ1v) is 11.5. The summed E-state index contributed by atoms with van der Waals surface area (Å²) < 4.78 is 7.60. The van der Waals surface area contributed by atoms with E-state index in [-0.39, 0.29) is 28.0 Å². The fourth-order valence-electron chi connectivity index (χ4n) is 3.54. The molecule has 1 atom stereocenters. The van der Waals surface area contributed by atoms with E-state index < -0.39 is 9.76 Å². The topological polar surface area (TPSA) is 29.5 Å². The number of aryl methyl sites for hydroxylation is 2. The summed E-state index contributed by atoms with van der Waals surface area (Å²) in [4.78, 5) is 15.3. The molecule has 146 valence electrons. The zero-order valence-electron chi connectivity index (χ0n) is 17.8. The summed E-state index contributed by atoms with van der Waals surface area (Å²) in [5.74, 6) is 0.192. The van der Waals surface area contributed by atoms with E-state index in [1.807, 2.05) is 4.90 Å². The Labute approximate surface area is 169 Å². The van der Waals surface area contributed by atoms with Crippen LogP contribution in [0.3, 0.4) is 0 Å². The average Bonchev–Trinajstić information content (AvgIpc) is 2.73. The molecule has 1 fully saturated rings. The van der Waals surface area contributed by atoms with E-state index in [4.69, 9.17) is 4.43 Å². The Kier molecular flexibility index (Phi) is 5.88. The number of halogens is 1. The van der Waals surface area contributed by atoms with Crippen LogP contribution in [0.15, 0.2) is 16.6 Å². The van der Waals surface area contributed by atoms with Crippen LogP contribution < -0.4 is 4.90 Å². The van der Waals surface area contributed by atoms with E-state index >= 15 is 0 Å². The molecule has 0 saturated carbocycles. The first kappa shape index (κ1) is 21.6. The standard InChI is InChI=1S/C21H34BrNO2Si/c1-13-10-15(11-14(2)17(13)22)23-16(12-20(6,7)18(23)24)21(8,9)25-26-19(3,4)5/h10-11,16H,12,26H2,1-9H3/t16-/m1/s1. The van der Waals surface area contributed by atoms with Crippen LogP contribution in [0.2, 0.25) is 5.04 Å². The number of rotatable bonds is 4. The number of benzene rings is 1. The van der Waals surface area contributed by atoms with E-state index in [2.05, 4.69) is 90.4 Å². The highest BCUT2D eigenvalue weighted by atomic mass is 79.9. The maximum Gasteiger partial charge on any atom is 0.233 e. The lowest BCUT2D eigenvalue weighted by Gasteiger charge is -2.40. The van der Waals surface area contributed by atoms with Crippen molar-refractivity contribution in [2.45, 2.75) is 85.4 Å². The van der Waals surface area contributed by atoms with Crippen molar-refractivity contribution in [2.75, 3.05) is 4.90 Å². The SMILES string of the molecule is Cc1cc(N2C(=O)C(C)(C)C[C@@H]2C(C)(C)O[SiH2]C(C)(C)C)cc(C)c1Br. The average molecular weight is 440 g/mol. The third-order valence-electron chi connectivity index (χ3n) is 5.19. The van der Waals surface area contributed by atoms with Gasteiger partial charge in [-0.15, -0.1) is 0 Å². The van der Waals surface area contributed by atoms with Crippen LogP contribution in [0, 0.1) is 19.3 Å². The Bertz CT molecular complexity index is 683. The monoisotopic (exact) mass is 439 g/mol. The van der Waals surface area contributed by atoms with Crippen molar-refractivity contribution in [1.29, 1.82) is 0 Å². The van der Waals surface area contributed by atoms with Crippen LogP contribution in [-0.2, 0) is 9.22 Å². The molecular weight excluding hydrogens is 406 g/mol. The van der Waals surface area contributed by atoms with Gasteiger partial charge < -0.3 is 9.33 Å². The van der Waals surface area contributed by atoms with Gasteiger partial charge in [0.2, 0.25) is 5.91 Å². The van der Waals surface area contributed by atoms with E-state index in [9.17, 15) is 4.79 Å². The van der Waals surface area contributed by atoms with E-state index in [0.29, 0.717) is 0 Å². The van der Waals surface area contributed by atoms with Gasteiger partial charge in [0, 0.05) is 15.6 Å². The Balaban J connectivity index is 2.45. The normalized spacial score (nSPS) is 21.2. The third kappa shape index (κ3) is 4.42. The molecule has 0 N–H and O–H groups in total. The zero-order valence-corrected chi connectivity index (χ0v) is 20.8. The molecular formula is C21H34BrNO2Si. The summed E-state index contributed by atoms with van der Waals surface area (Å²) in [6.45, 7) is 19.3. The van der Waals surface area contributed by atoms with Gasteiger partial charge in [0.1, 0.15) is 0 Å². The lowest BCUT2D eigenvalue weighted by Crippen LogP contribution is -2.50. The third-order valence-corrected chi connectivity index (χ3v) is 8.20. The van der Waals surface area contributed by atoms with Crippen LogP contribution in [0.25, 0.3) is 0 Å². The smallest absolute Gasteiger partial charge is 0.233 e. The molecule has 0 unspecified atom stereocenters.